The number of ether oxygens (including phenoxy) is 1. The number of halogens is 3. The summed E-state index contributed by atoms with van der Waals surface area (Å²) >= 11 is 0. The Balaban J connectivity index is 2.66. The Labute approximate surface area is 122 Å². The first-order chi connectivity index (χ1) is 9.59. The second kappa shape index (κ2) is 6.83. The first-order valence-electron chi connectivity index (χ1n) is 6.65. The van der Waals surface area contributed by atoms with Crippen LogP contribution in [-0.4, -0.2) is 35.9 Å². The van der Waals surface area contributed by atoms with Gasteiger partial charge in [0.15, 0.2) is 6.61 Å². The molecule has 0 saturated carbocycles. The van der Waals surface area contributed by atoms with Gasteiger partial charge in [0.05, 0.1) is 0 Å². The van der Waals surface area contributed by atoms with Crippen LogP contribution in [0, 0.1) is 0 Å². The number of rotatable bonds is 4. The van der Waals surface area contributed by atoms with Crippen LogP contribution in [0.25, 0.3) is 0 Å². The SMILES string of the molecule is CC(C)(C)N(CCc1ccccc1)C(=O)OCC(F)(F)F. The average molecular weight is 303 g/mol. The van der Waals surface area contributed by atoms with Crippen molar-refractivity contribution in [2.75, 3.05) is 13.2 Å². The molecule has 0 saturated heterocycles. The quantitative estimate of drug-likeness (QED) is 0.840. The minimum absolute atomic E-state index is 0.296. The maximum atomic E-state index is 12.1. The molecule has 21 heavy (non-hydrogen) atoms. The standard InChI is InChI=1S/C15H20F3NO2/c1-14(2,3)19(13(20)21-11-15(16,17)18)10-9-12-7-5-4-6-8-12/h4-8H,9-11H2,1-3H3. The van der Waals surface area contributed by atoms with Crippen LogP contribution in [0.2, 0.25) is 0 Å². The molecular weight excluding hydrogens is 283 g/mol. The lowest BCUT2D eigenvalue weighted by molar-refractivity contribution is -0.163. The number of hydrogen-bond acceptors (Lipinski definition) is 2. The smallest absolute Gasteiger partial charge is 0.422 e. The van der Waals surface area contributed by atoms with Crippen LogP contribution in [0.1, 0.15) is 26.3 Å². The highest BCUT2D eigenvalue weighted by atomic mass is 19.4. The third-order valence-corrected chi connectivity index (χ3v) is 2.86. The molecule has 0 aliphatic rings. The Kier molecular flexibility index (Phi) is 5.63. The highest BCUT2D eigenvalue weighted by Crippen LogP contribution is 2.19. The second-order valence-corrected chi connectivity index (χ2v) is 5.73. The van der Waals surface area contributed by atoms with E-state index in [9.17, 15) is 18.0 Å². The molecule has 1 aromatic carbocycles. The van der Waals surface area contributed by atoms with Gasteiger partial charge in [0.25, 0.3) is 0 Å². The third kappa shape index (κ3) is 6.51. The summed E-state index contributed by atoms with van der Waals surface area (Å²) in [5, 5.41) is 0. The second-order valence-electron chi connectivity index (χ2n) is 5.73. The summed E-state index contributed by atoms with van der Waals surface area (Å²) in [7, 11) is 0. The van der Waals surface area contributed by atoms with E-state index in [1.165, 1.54) is 4.90 Å². The third-order valence-electron chi connectivity index (χ3n) is 2.86. The molecule has 0 aliphatic carbocycles. The molecule has 0 N–H and O–H groups in total. The number of amides is 1. The molecule has 0 spiro atoms. The number of nitrogens with zero attached hydrogens (tertiary/aromatic N) is 1. The summed E-state index contributed by atoms with van der Waals surface area (Å²) in [6.45, 7) is 4.00. The van der Waals surface area contributed by atoms with Gasteiger partial charge in [-0.3, -0.25) is 0 Å². The number of benzene rings is 1. The number of carbonyl (C=O) groups is 1. The van der Waals surface area contributed by atoms with Gasteiger partial charge in [0.2, 0.25) is 0 Å². The molecular formula is C15H20F3NO2. The lowest BCUT2D eigenvalue weighted by atomic mass is 10.1. The fourth-order valence-electron chi connectivity index (χ4n) is 1.81. The minimum atomic E-state index is -4.52. The molecule has 0 aliphatic heterocycles. The van der Waals surface area contributed by atoms with Gasteiger partial charge in [-0.1, -0.05) is 30.3 Å². The van der Waals surface area contributed by atoms with E-state index in [2.05, 4.69) is 4.74 Å². The van der Waals surface area contributed by atoms with Crippen molar-refractivity contribution in [2.45, 2.75) is 38.9 Å². The molecule has 0 heterocycles. The van der Waals surface area contributed by atoms with E-state index in [4.69, 9.17) is 0 Å². The zero-order chi connectivity index (χ0) is 16.1. The monoisotopic (exact) mass is 303 g/mol. The Morgan fingerprint density at radius 3 is 2.19 bits per heavy atom. The predicted octanol–water partition coefficient (Wildman–Crippen LogP) is 4.03. The van der Waals surface area contributed by atoms with Gasteiger partial charge in [0, 0.05) is 12.1 Å². The summed E-state index contributed by atoms with van der Waals surface area (Å²) < 4.78 is 40.7. The van der Waals surface area contributed by atoms with E-state index in [-0.39, 0.29) is 0 Å². The molecule has 0 unspecified atom stereocenters. The summed E-state index contributed by atoms with van der Waals surface area (Å²) in [5.41, 5.74) is 0.396. The van der Waals surface area contributed by atoms with Gasteiger partial charge in [-0.05, 0) is 32.8 Å². The van der Waals surface area contributed by atoms with Crippen molar-refractivity contribution in [1.29, 1.82) is 0 Å². The van der Waals surface area contributed by atoms with Crippen molar-refractivity contribution in [1.82, 2.24) is 4.90 Å². The molecule has 0 atom stereocenters. The van der Waals surface area contributed by atoms with Crippen molar-refractivity contribution in [3.63, 3.8) is 0 Å². The topological polar surface area (TPSA) is 29.5 Å². The minimum Gasteiger partial charge on any atom is -0.440 e. The molecule has 3 nitrogen and oxygen atoms in total. The average Bonchev–Trinajstić information content (AvgIpc) is 2.35. The van der Waals surface area contributed by atoms with Gasteiger partial charge >= 0.3 is 12.3 Å². The highest BCUT2D eigenvalue weighted by Gasteiger charge is 2.33. The zero-order valence-electron chi connectivity index (χ0n) is 12.4. The van der Waals surface area contributed by atoms with Gasteiger partial charge in [0.1, 0.15) is 0 Å². The van der Waals surface area contributed by atoms with Crippen molar-refractivity contribution in [3.8, 4) is 0 Å². The van der Waals surface area contributed by atoms with E-state index in [1.807, 2.05) is 30.3 Å². The van der Waals surface area contributed by atoms with Crippen LogP contribution in [0.15, 0.2) is 30.3 Å². The zero-order valence-corrected chi connectivity index (χ0v) is 12.4. The summed E-state index contributed by atoms with van der Waals surface area (Å²) in [6.07, 6.45) is -4.91. The Hall–Kier alpha value is -1.72. The van der Waals surface area contributed by atoms with Gasteiger partial charge in [-0.15, -0.1) is 0 Å². The molecule has 1 rings (SSSR count). The Morgan fingerprint density at radius 1 is 1.14 bits per heavy atom. The lowest BCUT2D eigenvalue weighted by Gasteiger charge is -2.34. The molecule has 118 valence electrons. The molecule has 0 radical (unpaired) electrons. The van der Waals surface area contributed by atoms with Gasteiger partial charge in [-0.2, -0.15) is 13.2 Å². The molecule has 6 heteroatoms. The fourth-order valence-corrected chi connectivity index (χ4v) is 1.81. The molecule has 1 aromatic rings. The summed E-state index contributed by atoms with van der Waals surface area (Å²) in [5.74, 6) is 0. The van der Waals surface area contributed by atoms with Crippen molar-refractivity contribution in [2.24, 2.45) is 0 Å². The normalized spacial score (nSPS) is 12.1. The maximum absolute atomic E-state index is 12.1. The van der Waals surface area contributed by atoms with E-state index in [0.29, 0.717) is 13.0 Å². The van der Waals surface area contributed by atoms with Crippen LogP contribution >= 0.6 is 0 Å². The van der Waals surface area contributed by atoms with Crippen LogP contribution < -0.4 is 0 Å². The number of hydrogen-bond donors (Lipinski definition) is 0. The maximum Gasteiger partial charge on any atom is 0.422 e. The van der Waals surface area contributed by atoms with Crippen LogP contribution in [0.4, 0.5) is 18.0 Å². The lowest BCUT2D eigenvalue weighted by Crippen LogP contribution is -2.47. The Bertz CT molecular complexity index is 452. The van der Waals surface area contributed by atoms with Crippen molar-refractivity contribution < 1.29 is 22.7 Å². The van der Waals surface area contributed by atoms with Gasteiger partial charge < -0.3 is 9.64 Å². The molecule has 0 fully saturated rings. The van der Waals surface area contributed by atoms with E-state index >= 15 is 0 Å². The first kappa shape index (κ1) is 17.3. The Morgan fingerprint density at radius 2 is 1.71 bits per heavy atom. The fraction of sp³-hybridized carbons (Fsp3) is 0.533. The van der Waals surface area contributed by atoms with Crippen LogP contribution in [0.3, 0.4) is 0 Å². The predicted molar refractivity (Wildman–Crippen MR) is 74.0 cm³/mol. The van der Waals surface area contributed by atoms with Crippen molar-refractivity contribution in [3.05, 3.63) is 35.9 Å². The van der Waals surface area contributed by atoms with Crippen LogP contribution in [-0.2, 0) is 11.2 Å². The largest absolute Gasteiger partial charge is 0.440 e. The molecule has 0 bridgehead atoms. The van der Waals surface area contributed by atoms with Gasteiger partial charge in [-0.25, -0.2) is 4.79 Å². The van der Waals surface area contributed by atoms with E-state index in [1.54, 1.807) is 20.8 Å². The molecule has 0 aromatic heterocycles. The summed E-state index contributed by atoms with van der Waals surface area (Å²) in [6, 6.07) is 9.43. The molecule has 1 amide bonds. The number of alkyl halides is 3. The van der Waals surface area contributed by atoms with E-state index < -0.39 is 24.4 Å². The van der Waals surface area contributed by atoms with Crippen LogP contribution in [0.5, 0.6) is 0 Å². The summed E-state index contributed by atoms with van der Waals surface area (Å²) in [4.78, 5) is 13.2. The highest BCUT2D eigenvalue weighted by molar-refractivity contribution is 5.68. The van der Waals surface area contributed by atoms with E-state index in [0.717, 1.165) is 5.56 Å². The number of carbonyl (C=O) groups excluding carboxylic acids is 1. The first-order valence-corrected chi connectivity index (χ1v) is 6.65. The van der Waals surface area contributed by atoms with Crippen molar-refractivity contribution >= 4 is 6.09 Å².